The number of aryl methyl sites for hydroxylation is 1. The van der Waals surface area contributed by atoms with Crippen LogP contribution in [0.4, 0.5) is 0 Å². The van der Waals surface area contributed by atoms with E-state index < -0.39 is 0 Å². The van der Waals surface area contributed by atoms with Crippen molar-refractivity contribution in [2.45, 2.75) is 13.5 Å². The lowest BCUT2D eigenvalue weighted by molar-refractivity contribution is 0.306. The average molecular weight is 383 g/mol. The smallest absolute Gasteiger partial charge is 0.258 e. The zero-order valence-corrected chi connectivity index (χ0v) is 15.6. The minimum absolute atomic E-state index is 0.478. The first-order chi connectivity index (χ1) is 12.7. The Hall–Kier alpha value is -2.63. The van der Waals surface area contributed by atoms with E-state index in [1.807, 2.05) is 66.9 Å². The summed E-state index contributed by atoms with van der Waals surface area (Å²) in [4.78, 5) is 5.44. The van der Waals surface area contributed by atoms with E-state index in [1.165, 1.54) is 0 Å². The van der Waals surface area contributed by atoms with Gasteiger partial charge in [0.25, 0.3) is 5.89 Å². The highest BCUT2D eigenvalue weighted by atomic mass is 35.5. The SMILES string of the molecule is Cc1cc(OCc2ccc(-c3nc(-c4cccs4)no3)cc2)ccc1Cl. The summed E-state index contributed by atoms with van der Waals surface area (Å²) in [5, 5.41) is 6.77. The number of rotatable bonds is 5. The van der Waals surface area contributed by atoms with Crippen LogP contribution in [0.5, 0.6) is 5.75 Å². The third-order valence-electron chi connectivity index (χ3n) is 3.90. The van der Waals surface area contributed by atoms with Gasteiger partial charge in [0, 0.05) is 10.6 Å². The van der Waals surface area contributed by atoms with Crippen molar-refractivity contribution in [2.24, 2.45) is 0 Å². The number of thiophene rings is 1. The minimum atomic E-state index is 0.478. The van der Waals surface area contributed by atoms with Crippen LogP contribution < -0.4 is 4.74 Å². The highest BCUT2D eigenvalue weighted by molar-refractivity contribution is 7.13. The molecule has 4 nitrogen and oxygen atoms in total. The minimum Gasteiger partial charge on any atom is -0.489 e. The van der Waals surface area contributed by atoms with Crippen molar-refractivity contribution in [2.75, 3.05) is 0 Å². The fraction of sp³-hybridized carbons (Fsp3) is 0.100. The monoisotopic (exact) mass is 382 g/mol. The summed E-state index contributed by atoms with van der Waals surface area (Å²) in [6.07, 6.45) is 0. The molecule has 0 atom stereocenters. The second kappa shape index (κ2) is 7.32. The molecule has 6 heteroatoms. The van der Waals surface area contributed by atoms with Gasteiger partial charge in [-0.15, -0.1) is 11.3 Å². The fourth-order valence-electron chi connectivity index (χ4n) is 2.46. The standard InChI is InChI=1S/C20H15ClN2O2S/c1-13-11-16(8-9-17(13)21)24-12-14-4-6-15(7-5-14)20-22-19(23-25-20)18-3-2-10-26-18/h2-11H,12H2,1H3. The lowest BCUT2D eigenvalue weighted by atomic mass is 10.1. The molecule has 0 aliphatic rings. The summed E-state index contributed by atoms with van der Waals surface area (Å²) in [7, 11) is 0. The first-order valence-corrected chi connectivity index (χ1v) is 9.31. The Bertz CT molecular complexity index is 1010. The summed E-state index contributed by atoms with van der Waals surface area (Å²) in [6.45, 7) is 2.43. The zero-order valence-electron chi connectivity index (χ0n) is 14.0. The molecule has 0 fully saturated rings. The highest BCUT2D eigenvalue weighted by Crippen LogP contribution is 2.26. The molecule has 0 saturated carbocycles. The molecule has 0 aliphatic carbocycles. The first kappa shape index (κ1) is 16.8. The van der Waals surface area contributed by atoms with E-state index in [1.54, 1.807) is 11.3 Å². The number of halogens is 1. The van der Waals surface area contributed by atoms with Crippen LogP contribution in [0.15, 0.2) is 64.5 Å². The highest BCUT2D eigenvalue weighted by Gasteiger charge is 2.11. The van der Waals surface area contributed by atoms with E-state index in [2.05, 4.69) is 10.1 Å². The molecule has 4 aromatic rings. The lowest BCUT2D eigenvalue weighted by Crippen LogP contribution is -1.95. The van der Waals surface area contributed by atoms with Gasteiger partial charge in [0.2, 0.25) is 5.82 Å². The molecule has 26 heavy (non-hydrogen) atoms. The number of hydrogen-bond acceptors (Lipinski definition) is 5. The van der Waals surface area contributed by atoms with Crippen molar-refractivity contribution < 1.29 is 9.26 Å². The Morgan fingerprint density at radius 2 is 1.96 bits per heavy atom. The van der Waals surface area contributed by atoms with Gasteiger partial charge < -0.3 is 9.26 Å². The van der Waals surface area contributed by atoms with Crippen molar-refractivity contribution in [3.05, 3.63) is 76.1 Å². The van der Waals surface area contributed by atoms with E-state index in [-0.39, 0.29) is 0 Å². The zero-order chi connectivity index (χ0) is 17.9. The predicted molar refractivity (Wildman–Crippen MR) is 104 cm³/mol. The molecule has 4 rings (SSSR count). The number of nitrogens with zero attached hydrogens (tertiary/aromatic N) is 2. The lowest BCUT2D eigenvalue weighted by Gasteiger charge is -2.08. The van der Waals surface area contributed by atoms with Crippen LogP contribution in [0.2, 0.25) is 5.02 Å². The maximum absolute atomic E-state index is 6.03. The van der Waals surface area contributed by atoms with Gasteiger partial charge in [0.05, 0.1) is 4.88 Å². The van der Waals surface area contributed by atoms with Gasteiger partial charge in [-0.3, -0.25) is 0 Å². The number of aromatic nitrogens is 2. The molecule has 0 N–H and O–H groups in total. The molecular weight excluding hydrogens is 368 g/mol. The molecule has 2 heterocycles. The van der Waals surface area contributed by atoms with Crippen LogP contribution >= 0.6 is 22.9 Å². The van der Waals surface area contributed by atoms with Gasteiger partial charge in [0.15, 0.2) is 0 Å². The maximum atomic E-state index is 6.03. The molecule has 2 aromatic carbocycles. The van der Waals surface area contributed by atoms with E-state index in [0.717, 1.165) is 32.3 Å². The third-order valence-corrected chi connectivity index (χ3v) is 5.19. The van der Waals surface area contributed by atoms with Crippen molar-refractivity contribution in [1.82, 2.24) is 10.1 Å². The topological polar surface area (TPSA) is 48.2 Å². The van der Waals surface area contributed by atoms with Crippen molar-refractivity contribution in [3.63, 3.8) is 0 Å². The molecule has 130 valence electrons. The summed E-state index contributed by atoms with van der Waals surface area (Å²) in [5.41, 5.74) is 2.93. The van der Waals surface area contributed by atoms with E-state index >= 15 is 0 Å². The Balaban J connectivity index is 1.44. The Kier molecular flexibility index (Phi) is 4.73. The first-order valence-electron chi connectivity index (χ1n) is 8.05. The summed E-state index contributed by atoms with van der Waals surface area (Å²) >= 11 is 7.62. The van der Waals surface area contributed by atoms with Gasteiger partial charge in [-0.25, -0.2) is 0 Å². The molecule has 0 saturated heterocycles. The normalized spacial score (nSPS) is 10.8. The van der Waals surface area contributed by atoms with E-state index in [0.29, 0.717) is 18.3 Å². The second-order valence-electron chi connectivity index (χ2n) is 5.80. The molecule has 0 spiro atoms. The maximum Gasteiger partial charge on any atom is 0.258 e. The number of hydrogen-bond donors (Lipinski definition) is 0. The van der Waals surface area contributed by atoms with Crippen LogP contribution in [-0.4, -0.2) is 10.1 Å². The van der Waals surface area contributed by atoms with Crippen LogP contribution in [0.3, 0.4) is 0 Å². The van der Waals surface area contributed by atoms with E-state index in [9.17, 15) is 0 Å². The molecule has 0 unspecified atom stereocenters. The van der Waals surface area contributed by atoms with Gasteiger partial charge in [-0.2, -0.15) is 4.98 Å². The fourth-order valence-corrected chi connectivity index (χ4v) is 3.23. The number of benzene rings is 2. The molecule has 0 amide bonds. The Morgan fingerprint density at radius 3 is 2.69 bits per heavy atom. The van der Waals surface area contributed by atoms with Crippen LogP contribution in [-0.2, 0) is 6.61 Å². The van der Waals surface area contributed by atoms with Crippen LogP contribution in [0.1, 0.15) is 11.1 Å². The van der Waals surface area contributed by atoms with Gasteiger partial charge in [0.1, 0.15) is 12.4 Å². The van der Waals surface area contributed by atoms with Gasteiger partial charge in [-0.1, -0.05) is 35.0 Å². The van der Waals surface area contributed by atoms with Crippen molar-refractivity contribution in [1.29, 1.82) is 0 Å². The largest absolute Gasteiger partial charge is 0.489 e. The summed E-state index contributed by atoms with van der Waals surface area (Å²) in [6, 6.07) is 17.5. The van der Waals surface area contributed by atoms with Crippen LogP contribution in [0.25, 0.3) is 22.2 Å². The van der Waals surface area contributed by atoms with E-state index in [4.69, 9.17) is 20.9 Å². The number of ether oxygens (including phenoxy) is 1. The van der Waals surface area contributed by atoms with Crippen molar-refractivity contribution >= 4 is 22.9 Å². The second-order valence-corrected chi connectivity index (χ2v) is 7.15. The predicted octanol–water partition coefficient (Wildman–Crippen LogP) is 6.01. The summed E-state index contributed by atoms with van der Waals surface area (Å²) < 4.78 is 11.2. The quantitative estimate of drug-likeness (QED) is 0.424. The molecule has 0 bridgehead atoms. The Morgan fingerprint density at radius 1 is 1.12 bits per heavy atom. The summed E-state index contributed by atoms with van der Waals surface area (Å²) in [5.74, 6) is 1.92. The molecule has 2 aromatic heterocycles. The van der Waals surface area contributed by atoms with Crippen LogP contribution in [0, 0.1) is 6.92 Å². The van der Waals surface area contributed by atoms with Gasteiger partial charge >= 0.3 is 0 Å². The van der Waals surface area contributed by atoms with Crippen molar-refractivity contribution in [3.8, 4) is 27.9 Å². The molecule has 0 aliphatic heterocycles. The molecular formula is C20H15ClN2O2S. The van der Waals surface area contributed by atoms with Gasteiger partial charge in [-0.05, 0) is 59.8 Å². The molecule has 0 radical (unpaired) electrons. The average Bonchev–Trinajstić information content (AvgIpc) is 3.34. The Labute approximate surface area is 160 Å². The third kappa shape index (κ3) is 3.64.